The Morgan fingerprint density at radius 1 is 1.35 bits per heavy atom. The van der Waals surface area contributed by atoms with Crippen molar-refractivity contribution in [1.82, 2.24) is 9.80 Å². The van der Waals surface area contributed by atoms with E-state index in [2.05, 4.69) is 4.90 Å². The van der Waals surface area contributed by atoms with Crippen molar-refractivity contribution in [2.45, 2.75) is 38.4 Å². The molecule has 0 aliphatic carbocycles. The summed E-state index contributed by atoms with van der Waals surface area (Å²) in [5.41, 5.74) is 0. The van der Waals surface area contributed by atoms with Gasteiger partial charge in [0.25, 0.3) is 0 Å². The molecule has 116 valence electrons. The second kappa shape index (κ2) is 9.23. The Balaban J connectivity index is 2.29. The number of piperidine rings is 1. The maximum Gasteiger partial charge on any atom is 0.304 e. The van der Waals surface area contributed by atoms with Crippen molar-refractivity contribution in [1.29, 1.82) is 0 Å². The van der Waals surface area contributed by atoms with Gasteiger partial charge in [-0.1, -0.05) is 0 Å². The Morgan fingerprint density at radius 3 is 2.65 bits per heavy atom. The quantitative estimate of drug-likeness (QED) is 0.737. The molecule has 0 saturated carbocycles. The lowest BCUT2D eigenvalue weighted by molar-refractivity contribution is -0.137. The number of likely N-dealkylation sites (tertiary alicyclic amines) is 1. The lowest BCUT2D eigenvalue weighted by atomic mass is 10.1. The smallest absolute Gasteiger partial charge is 0.304 e. The average Bonchev–Trinajstić information content (AvgIpc) is 2.44. The first kappa shape index (κ1) is 17.3. The molecule has 1 amide bonds. The van der Waals surface area contributed by atoms with E-state index in [1.807, 2.05) is 18.7 Å². The Kier molecular flexibility index (Phi) is 7.99. The number of thioether (sulfide) groups is 1. The molecule has 20 heavy (non-hydrogen) atoms. The monoisotopic (exact) mass is 302 g/mol. The first-order valence-corrected chi connectivity index (χ1v) is 8.45. The number of carbonyl (C=O) groups excluding carboxylic acids is 1. The van der Waals surface area contributed by atoms with Crippen LogP contribution < -0.4 is 0 Å². The van der Waals surface area contributed by atoms with Crippen molar-refractivity contribution in [2.75, 3.05) is 38.5 Å². The van der Waals surface area contributed by atoms with Gasteiger partial charge in [-0.15, -0.1) is 11.8 Å². The molecule has 0 aromatic rings. The number of hydrogen-bond acceptors (Lipinski definition) is 4. The summed E-state index contributed by atoms with van der Waals surface area (Å²) in [4.78, 5) is 26.6. The van der Waals surface area contributed by atoms with E-state index in [0.29, 0.717) is 17.5 Å². The van der Waals surface area contributed by atoms with E-state index in [0.717, 1.165) is 39.0 Å². The summed E-state index contributed by atoms with van der Waals surface area (Å²) in [5.74, 6) is 0.0122. The molecule has 1 atom stereocenters. The molecule has 1 heterocycles. The fourth-order valence-corrected chi connectivity index (χ4v) is 3.67. The third kappa shape index (κ3) is 6.13. The Bertz CT molecular complexity index is 322. The summed E-state index contributed by atoms with van der Waals surface area (Å²) in [6, 6.07) is 0. The van der Waals surface area contributed by atoms with E-state index < -0.39 is 5.97 Å². The van der Waals surface area contributed by atoms with Gasteiger partial charge in [-0.25, -0.2) is 0 Å². The van der Waals surface area contributed by atoms with Gasteiger partial charge in [-0.05, 0) is 33.2 Å². The zero-order chi connectivity index (χ0) is 15.0. The Hall–Kier alpha value is -0.750. The van der Waals surface area contributed by atoms with E-state index >= 15 is 0 Å². The van der Waals surface area contributed by atoms with E-state index in [-0.39, 0.29) is 12.3 Å². The molecule has 0 aromatic heterocycles. The lowest BCUT2D eigenvalue weighted by Gasteiger charge is -2.32. The summed E-state index contributed by atoms with van der Waals surface area (Å²) < 4.78 is 0. The molecular weight excluding hydrogens is 276 g/mol. The standard InChI is InChI=1S/C14H26N2O3S/c1-3-16(4-2)13(17)11-20-12-6-5-8-15(10-12)9-7-14(18)19/h12H,3-11H2,1-2H3,(H,18,19). The SMILES string of the molecule is CCN(CC)C(=O)CSC1CCCN(CCC(=O)O)C1. The maximum atomic E-state index is 12.0. The summed E-state index contributed by atoms with van der Waals surface area (Å²) in [5, 5.41) is 9.18. The van der Waals surface area contributed by atoms with Crippen LogP contribution in [0.5, 0.6) is 0 Å². The zero-order valence-corrected chi connectivity index (χ0v) is 13.3. The number of carboxylic acids is 1. The van der Waals surface area contributed by atoms with Gasteiger partial charge in [0.2, 0.25) is 5.91 Å². The maximum absolute atomic E-state index is 12.0. The first-order valence-electron chi connectivity index (χ1n) is 7.40. The number of aliphatic carboxylic acids is 1. The molecule has 0 aromatic carbocycles. The van der Waals surface area contributed by atoms with Crippen LogP contribution >= 0.6 is 11.8 Å². The van der Waals surface area contributed by atoms with Crippen molar-refractivity contribution in [3.05, 3.63) is 0 Å². The highest BCUT2D eigenvalue weighted by atomic mass is 32.2. The molecule has 5 nitrogen and oxygen atoms in total. The van der Waals surface area contributed by atoms with Crippen molar-refractivity contribution >= 4 is 23.6 Å². The molecule has 1 rings (SSSR count). The van der Waals surface area contributed by atoms with Crippen LogP contribution in [-0.4, -0.2) is 70.5 Å². The number of carboxylic acid groups (broad SMARTS) is 1. The van der Waals surface area contributed by atoms with Crippen LogP contribution in [0.15, 0.2) is 0 Å². The van der Waals surface area contributed by atoms with Crippen molar-refractivity contribution < 1.29 is 14.7 Å². The van der Waals surface area contributed by atoms with Gasteiger partial charge in [0.1, 0.15) is 0 Å². The normalized spacial score (nSPS) is 19.8. The molecule has 0 radical (unpaired) electrons. The van der Waals surface area contributed by atoms with E-state index in [9.17, 15) is 9.59 Å². The largest absolute Gasteiger partial charge is 0.481 e. The van der Waals surface area contributed by atoms with E-state index in [4.69, 9.17) is 5.11 Å². The molecule has 6 heteroatoms. The van der Waals surface area contributed by atoms with Gasteiger partial charge in [0.15, 0.2) is 0 Å². The van der Waals surface area contributed by atoms with E-state index in [1.165, 1.54) is 0 Å². The third-order valence-electron chi connectivity index (χ3n) is 3.66. The summed E-state index contributed by atoms with van der Waals surface area (Å²) >= 11 is 1.72. The van der Waals surface area contributed by atoms with Crippen molar-refractivity contribution in [3.8, 4) is 0 Å². The lowest BCUT2D eigenvalue weighted by Crippen LogP contribution is -2.39. The minimum Gasteiger partial charge on any atom is -0.481 e. The minimum absolute atomic E-state index is 0.204. The van der Waals surface area contributed by atoms with Crippen LogP contribution in [0, 0.1) is 0 Å². The number of nitrogens with zero attached hydrogens (tertiary/aromatic N) is 2. The topological polar surface area (TPSA) is 60.9 Å². The number of amides is 1. The van der Waals surface area contributed by atoms with Gasteiger partial charge in [0, 0.05) is 31.4 Å². The highest BCUT2D eigenvalue weighted by Crippen LogP contribution is 2.22. The Morgan fingerprint density at radius 2 is 2.05 bits per heavy atom. The van der Waals surface area contributed by atoms with E-state index in [1.54, 1.807) is 11.8 Å². The number of hydrogen-bond donors (Lipinski definition) is 1. The molecule has 1 aliphatic rings. The van der Waals surface area contributed by atoms with Crippen LogP contribution in [0.25, 0.3) is 0 Å². The van der Waals surface area contributed by atoms with Crippen LogP contribution in [0.2, 0.25) is 0 Å². The van der Waals surface area contributed by atoms with Crippen LogP contribution in [0.1, 0.15) is 33.1 Å². The van der Waals surface area contributed by atoms with Gasteiger partial charge in [0.05, 0.1) is 12.2 Å². The molecular formula is C14H26N2O3S. The molecule has 1 saturated heterocycles. The minimum atomic E-state index is -0.739. The van der Waals surface area contributed by atoms with Gasteiger partial charge in [-0.2, -0.15) is 0 Å². The number of rotatable bonds is 8. The van der Waals surface area contributed by atoms with Crippen LogP contribution in [0.4, 0.5) is 0 Å². The van der Waals surface area contributed by atoms with Gasteiger partial charge < -0.3 is 14.9 Å². The molecule has 1 fully saturated rings. The predicted molar refractivity (Wildman–Crippen MR) is 82.1 cm³/mol. The van der Waals surface area contributed by atoms with Crippen LogP contribution in [0.3, 0.4) is 0 Å². The summed E-state index contributed by atoms with van der Waals surface area (Å²) in [6.07, 6.45) is 2.42. The highest BCUT2D eigenvalue weighted by Gasteiger charge is 2.22. The third-order valence-corrected chi connectivity index (χ3v) is 4.93. The predicted octanol–water partition coefficient (Wildman–Crippen LogP) is 1.53. The highest BCUT2D eigenvalue weighted by molar-refractivity contribution is 8.00. The molecule has 1 unspecified atom stereocenters. The summed E-state index contributed by atoms with van der Waals surface area (Å²) in [7, 11) is 0. The zero-order valence-electron chi connectivity index (χ0n) is 12.5. The molecule has 1 aliphatic heterocycles. The van der Waals surface area contributed by atoms with Gasteiger partial charge in [-0.3, -0.25) is 9.59 Å². The average molecular weight is 302 g/mol. The van der Waals surface area contributed by atoms with Crippen LogP contribution in [-0.2, 0) is 9.59 Å². The second-order valence-corrected chi connectivity index (χ2v) is 6.37. The second-order valence-electron chi connectivity index (χ2n) is 5.09. The molecule has 0 spiro atoms. The number of carbonyl (C=O) groups is 2. The first-order chi connectivity index (χ1) is 9.56. The van der Waals surface area contributed by atoms with Crippen molar-refractivity contribution in [3.63, 3.8) is 0 Å². The Labute approximate surface area is 125 Å². The fraction of sp³-hybridized carbons (Fsp3) is 0.857. The summed E-state index contributed by atoms with van der Waals surface area (Å²) in [6.45, 7) is 8.05. The molecule has 1 N–H and O–H groups in total. The van der Waals surface area contributed by atoms with Crippen molar-refractivity contribution in [2.24, 2.45) is 0 Å². The van der Waals surface area contributed by atoms with Gasteiger partial charge >= 0.3 is 5.97 Å². The fourth-order valence-electron chi connectivity index (χ4n) is 2.46. The molecule has 0 bridgehead atoms.